The number of nitrogens with two attached hydrogens (primary N) is 1. The van der Waals surface area contributed by atoms with Gasteiger partial charge in [-0.05, 0) is 31.6 Å². The lowest BCUT2D eigenvalue weighted by molar-refractivity contribution is 0.235. The Hall–Kier alpha value is 0.01000. The average Bonchev–Trinajstić information content (AvgIpc) is 2.75. The van der Waals surface area contributed by atoms with Crippen molar-refractivity contribution in [3.63, 3.8) is 0 Å². The van der Waals surface area contributed by atoms with Crippen LogP contribution in [0.2, 0.25) is 0 Å². The minimum absolute atomic E-state index is 0.311. The van der Waals surface area contributed by atoms with Gasteiger partial charge in [0.05, 0.1) is 0 Å². The minimum Gasteiger partial charge on any atom is -0.324 e. The normalized spacial score (nSPS) is 37.2. The summed E-state index contributed by atoms with van der Waals surface area (Å²) in [5, 5.41) is 0. The molecule has 14 heavy (non-hydrogen) atoms. The highest BCUT2D eigenvalue weighted by atomic mass is 32.2. The zero-order valence-electron chi connectivity index (χ0n) is 8.86. The maximum absolute atomic E-state index is 5.84. The van der Waals surface area contributed by atoms with Crippen LogP contribution in [0.3, 0.4) is 0 Å². The molecule has 1 aliphatic carbocycles. The van der Waals surface area contributed by atoms with Gasteiger partial charge < -0.3 is 10.6 Å². The van der Waals surface area contributed by atoms with Gasteiger partial charge in [-0.25, -0.2) is 0 Å². The number of nitrogens with zero attached hydrogens (tertiary/aromatic N) is 1. The molecule has 2 rings (SSSR count). The number of thioether (sulfide) groups is 1. The largest absolute Gasteiger partial charge is 0.324 e. The number of hydrogen-bond acceptors (Lipinski definition) is 3. The first-order valence-corrected chi connectivity index (χ1v) is 6.63. The van der Waals surface area contributed by atoms with Crippen LogP contribution in [0.5, 0.6) is 0 Å². The van der Waals surface area contributed by atoms with Gasteiger partial charge in [-0.2, -0.15) is 11.8 Å². The average molecular weight is 212 g/mol. The summed E-state index contributed by atoms with van der Waals surface area (Å²) < 4.78 is 0. The molecule has 0 amide bonds. The Kier molecular flexibility index (Phi) is 3.52. The topological polar surface area (TPSA) is 29.3 Å². The van der Waals surface area contributed by atoms with Crippen molar-refractivity contribution in [2.24, 2.45) is 11.7 Å². The molecule has 0 bridgehead atoms. The second-order valence-corrected chi connectivity index (χ2v) is 5.65. The Morgan fingerprint density at radius 1 is 1.50 bits per heavy atom. The van der Waals surface area contributed by atoms with Gasteiger partial charge in [-0.3, -0.25) is 0 Å². The molecular formula is C11H20N2S. The molecule has 0 saturated carbocycles. The minimum atomic E-state index is 0.311. The van der Waals surface area contributed by atoms with Crippen LogP contribution in [0.15, 0.2) is 12.2 Å². The molecule has 1 fully saturated rings. The number of hydrogen-bond donors (Lipinski definition) is 1. The molecule has 1 saturated heterocycles. The lowest BCUT2D eigenvalue weighted by atomic mass is 10.1. The Morgan fingerprint density at radius 3 is 2.93 bits per heavy atom. The SMILES string of the molecule is CN(CC1C=CC(N)C1)C1CCSC1. The van der Waals surface area contributed by atoms with E-state index in [0.29, 0.717) is 12.0 Å². The molecule has 1 heterocycles. The summed E-state index contributed by atoms with van der Waals surface area (Å²) in [6.45, 7) is 1.19. The monoisotopic (exact) mass is 212 g/mol. The smallest absolute Gasteiger partial charge is 0.0229 e. The van der Waals surface area contributed by atoms with Crippen molar-refractivity contribution in [1.29, 1.82) is 0 Å². The molecule has 2 nitrogen and oxygen atoms in total. The summed E-state index contributed by atoms with van der Waals surface area (Å²) in [4.78, 5) is 2.52. The van der Waals surface area contributed by atoms with E-state index in [1.165, 1.54) is 24.5 Å². The fraction of sp³-hybridized carbons (Fsp3) is 0.818. The van der Waals surface area contributed by atoms with Gasteiger partial charge in [0.25, 0.3) is 0 Å². The van der Waals surface area contributed by atoms with Crippen molar-refractivity contribution >= 4 is 11.8 Å². The van der Waals surface area contributed by atoms with E-state index >= 15 is 0 Å². The summed E-state index contributed by atoms with van der Waals surface area (Å²) in [5.41, 5.74) is 5.84. The van der Waals surface area contributed by atoms with E-state index < -0.39 is 0 Å². The predicted molar refractivity (Wildman–Crippen MR) is 63.6 cm³/mol. The molecule has 0 aromatic carbocycles. The van der Waals surface area contributed by atoms with Gasteiger partial charge in [-0.15, -0.1) is 0 Å². The molecule has 3 atom stereocenters. The Labute approximate surface area is 90.9 Å². The predicted octanol–water partition coefficient (Wildman–Crippen LogP) is 1.33. The van der Waals surface area contributed by atoms with E-state index in [9.17, 15) is 0 Å². The second-order valence-electron chi connectivity index (χ2n) is 4.50. The standard InChI is InChI=1S/C11H20N2S/c1-13(11-4-5-14-8-11)7-9-2-3-10(12)6-9/h2-3,9-11H,4-8,12H2,1H3. The highest BCUT2D eigenvalue weighted by molar-refractivity contribution is 7.99. The van der Waals surface area contributed by atoms with E-state index in [1.807, 2.05) is 0 Å². The molecule has 0 radical (unpaired) electrons. The quantitative estimate of drug-likeness (QED) is 0.716. The van der Waals surface area contributed by atoms with Crippen molar-refractivity contribution in [2.45, 2.75) is 24.9 Å². The Bertz CT molecular complexity index is 211. The first-order valence-electron chi connectivity index (χ1n) is 5.47. The van der Waals surface area contributed by atoms with Crippen LogP contribution < -0.4 is 5.73 Å². The molecule has 2 N–H and O–H groups in total. The molecule has 3 unspecified atom stereocenters. The van der Waals surface area contributed by atoms with Crippen molar-refractivity contribution in [3.8, 4) is 0 Å². The van der Waals surface area contributed by atoms with E-state index in [0.717, 1.165) is 12.5 Å². The molecule has 1 aliphatic heterocycles. The van der Waals surface area contributed by atoms with Gasteiger partial charge in [0.2, 0.25) is 0 Å². The van der Waals surface area contributed by atoms with Crippen LogP contribution in [0.25, 0.3) is 0 Å². The summed E-state index contributed by atoms with van der Waals surface area (Å²) in [6, 6.07) is 1.12. The highest BCUT2D eigenvalue weighted by Gasteiger charge is 2.23. The maximum atomic E-state index is 5.84. The Balaban J connectivity index is 1.76. The lowest BCUT2D eigenvalue weighted by Gasteiger charge is -2.26. The van der Waals surface area contributed by atoms with Crippen LogP contribution >= 0.6 is 11.8 Å². The molecule has 80 valence electrons. The first kappa shape index (κ1) is 10.5. The summed E-state index contributed by atoms with van der Waals surface area (Å²) in [7, 11) is 2.26. The van der Waals surface area contributed by atoms with Gasteiger partial charge in [0.15, 0.2) is 0 Å². The zero-order valence-corrected chi connectivity index (χ0v) is 9.67. The van der Waals surface area contributed by atoms with Crippen LogP contribution in [-0.2, 0) is 0 Å². The van der Waals surface area contributed by atoms with Crippen LogP contribution in [0, 0.1) is 5.92 Å². The van der Waals surface area contributed by atoms with Crippen LogP contribution in [0.4, 0.5) is 0 Å². The van der Waals surface area contributed by atoms with Crippen molar-refractivity contribution in [3.05, 3.63) is 12.2 Å². The van der Waals surface area contributed by atoms with Gasteiger partial charge in [-0.1, -0.05) is 12.2 Å². The molecule has 2 aliphatic rings. The fourth-order valence-corrected chi connectivity index (χ4v) is 3.63. The van der Waals surface area contributed by atoms with Gasteiger partial charge >= 0.3 is 0 Å². The number of rotatable bonds is 3. The van der Waals surface area contributed by atoms with Crippen molar-refractivity contribution < 1.29 is 0 Å². The van der Waals surface area contributed by atoms with E-state index in [1.54, 1.807) is 0 Å². The molecule has 3 heteroatoms. The second kappa shape index (κ2) is 4.69. The third kappa shape index (κ3) is 2.53. The van der Waals surface area contributed by atoms with Crippen LogP contribution in [-0.4, -0.2) is 42.1 Å². The molecule has 0 aromatic heterocycles. The van der Waals surface area contributed by atoms with E-state index in [4.69, 9.17) is 5.73 Å². The Morgan fingerprint density at radius 2 is 2.36 bits per heavy atom. The lowest BCUT2D eigenvalue weighted by Crippen LogP contribution is -2.35. The maximum Gasteiger partial charge on any atom is 0.0229 e. The summed E-state index contributed by atoms with van der Waals surface area (Å²) in [5.74, 6) is 3.36. The van der Waals surface area contributed by atoms with Crippen molar-refractivity contribution in [2.75, 3.05) is 25.1 Å². The molecule has 0 aromatic rings. The van der Waals surface area contributed by atoms with E-state index in [-0.39, 0.29) is 0 Å². The zero-order chi connectivity index (χ0) is 9.97. The third-order valence-corrected chi connectivity index (χ3v) is 4.40. The fourth-order valence-electron chi connectivity index (χ4n) is 2.33. The molecule has 0 spiro atoms. The van der Waals surface area contributed by atoms with Gasteiger partial charge in [0, 0.05) is 24.4 Å². The third-order valence-electron chi connectivity index (χ3n) is 3.26. The van der Waals surface area contributed by atoms with Gasteiger partial charge in [0.1, 0.15) is 0 Å². The summed E-state index contributed by atoms with van der Waals surface area (Å²) >= 11 is 2.08. The van der Waals surface area contributed by atoms with E-state index in [2.05, 4.69) is 35.9 Å². The van der Waals surface area contributed by atoms with Crippen LogP contribution in [0.1, 0.15) is 12.8 Å². The highest BCUT2D eigenvalue weighted by Crippen LogP contribution is 2.24. The van der Waals surface area contributed by atoms with Crippen molar-refractivity contribution in [1.82, 2.24) is 4.90 Å². The first-order chi connectivity index (χ1) is 6.75. The summed E-state index contributed by atoms with van der Waals surface area (Å²) in [6.07, 6.45) is 6.96. The molecular weight excluding hydrogens is 192 g/mol.